The van der Waals surface area contributed by atoms with Crippen molar-refractivity contribution < 1.29 is 9.32 Å². The maximum Gasteiger partial charge on any atom is 0.259 e. The van der Waals surface area contributed by atoms with Crippen molar-refractivity contribution in [3.8, 4) is 0 Å². The fourth-order valence-electron chi connectivity index (χ4n) is 3.52. The molecule has 2 aromatic heterocycles. The number of nitrogens with zero attached hydrogens (tertiary/aromatic N) is 4. The van der Waals surface area contributed by atoms with Crippen LogP contribution in [0.1, 0.15) is 66.2 Å². The summed E-state index contributed by atoms with van der Waals surface area (Å²) in [6, 6.07) is 0. The van der Waals surface area contributed by atoms with Gasteiger partial charge in [0.25, 0.3) is 5.91 Å². The summed E-state index contributed by atoms with van der Waals surface area (Å²) in [6.45, 7) is 8.32. The van der Waals surface area contributed by atoms with E-state index in [0.717, 1.165) is 38.2 Å². The summed E-state index contributed by atoms with van der Waals surface area (Å²) in [7, 11) is 0. The molecule has 6 heteroatoms. The van der Waals surface area contributed by atoms with E-state index < -0.39 is 0 Å². The molecule has 1 aliphatic rings. The zero-order chi connectivity index (χ0) is 17.1. The molecule has 0 radical (unpaired) electrons. The van der Waals surface area contributed by atoms with Gasteiger partial charge < -0.3 is 14.0 Å². The Morgan fingerprint density at radius 2 is 2.25 bits per heavy atom. The highest BCUT2D eigenvalue weighted by atomic mass is 16.5. The molecule has 0 saturated carbocycles. The lowest BCUT2D eigenvalue weighted by atomic mass is 9.96. The number of likely N-dealkylation sites (tertiary alicyclic amines) is 1. The number of aromatic nitrogens is 3. The number of carbonyl (C=O) groups excluding carboxylic acids is 1. The van der Waals surface area contributed by atoms with E-state index in [1.807, 2.05) is 18.0 Å². The number of imidazole rings is 1. The quantitative estimate of drug-likeness (QED) is 0.844. The van der Waals surface area contributed by atoms with Gasteiger partial charge in [0, 0.05) is 37.9 Å². The number of aryl methyl sites for hydroxylation is 3. The molecule has 0 unspecified atom stereocenters. The summed E-state index contributed by atoms with van der Waals surface area (Å²) in [6.07, 6.45) is 8.33. The average molecular weight is 330 g/mol. The fourth-order valence-corrected chi connectivity index (χ4v) is 3.52. The highest BCUT2D eigenvalue weighted by molar-refractivity contribution is 5.96. The van der Waals surface area contributed by atoms with Gasteiger partial charge in [0.15, 0.2) is 0 Å². The van der Waals surface area contributed by atoms with Crippen LogP contribution in [0, 0.1) is 13.8 Å². The molecule has 0 aliphatic carbocycles. The minimum atomic E-state index is 0.0302. The van der Waals surface area contributed by atoms with Gasteiger partial charge >= 0.3 is 0 Å². The molecule has 130 valence electrons. The van der Waals surface area contributed by atoms with Gasteiger partial charge in [-0.25, -0.2) is 4.98 Å². The summed E-state index contributed by atoms with van der Waals surface area (Å²) < 4.78 is 7.40. The van der Waals surface area contributed by atoms with Crippen LogP contribution in [-0.4, -0.2) is 38.6 Å². The van der Waals surface area contributed by atoms with Gasteiger partial charge in [0.1, 0.15) is 17.1 Å². The Balaban J connectivity index is 1.75. The molecule has 0 bridgehead atoms. The Hall–Kier alpha value is -2.11. The van der Waals surface area contributed by atoms with Gasteiger partial charge in [-0.3, -0.25) is 4.79 Å². The molecule has 1 aliphatic heterocycles. The van der Waals surface area contributed by atoms with E-state index in [1.54, 1.807) is 6.92 Å². The maximum atomic E-state index is 12.9. The van der Waals surface area contributed by atoms with E-state index in [1.165, 1.54) is 6.42 Å². The van der Waals surface area contributed by atoms with Gasteiger partial charge in [0.05, 0.1) is 5.69 Å². The second-order valence-electron chi connectivity index (χ2n) is 6.62. The van der Waals surface area contributed by atoms with Crippen molar-refractivity contribution in [3.05, 3.63) is 35.2 Å². The normalized spacial score (nSPS) is 18.1. The zero-order valence-electron chi connectivity index (χ0n) is 14.8. The predicted octanol–water partition coefficient (Wildman–Crippen LogP) is 3.31. The van der Waals surface area contributed by atoms with Crippen LogP contribution in [0.4, 0.5) is 0 Å². The Morgan fingerprint density at radius 3 is 2.96 bits per heavy atom. The molecule has 1 atom stereocenters. The van der Waals surface area contributed by atoms with Gasteiger partial charge in [-0.2, -0.15) is 0 Å². The van der Waals surface area contributed by atoms with Gasteiger partial charge in [-0.05, 0) is 33.1 Å². The van der Waals surface area contributed by atoms with E-state index in [-0.39, 0.29) is 5.91 Å². The van der Waals surface area contributed by atoms with Crippen LogP contribution < -0.4 is 0 Å². The monoisotopic (exact) mass is 330 g/mol. The van der Waals surface area contributed by atoms with Crippen molar-refractivity contribution in [2.45, 2.75) is 58.9 Å². The van der Waals surface area contributed by atoms with E-state index in [4.69, 9.17) is 4.52 Å². The molecule has 0 aromatic carbocycles. The second-order valence-corrected chi connectivity index (χ2v) is 6.62. The molecule has 3 heterocycles. The Morgan fingerprint density at radius 1 is 1.42 bits per heavy atom. The van der Waals surface area contributed by atoms with Crippen LogP contribution in [0.5, 0.6) is 0 Å². The van der Waals surface area contributed by atoms with Crippen LogP contribution in [-0.2, 0) is 6.54 Å². The van der Waals surface area contributed by atoms with E-state index in [9.17, 15) is 4.79 Å². The van der Waals surface area contributed by atoms with Crippen LogP contribution in [0.3, 0.4) is 0 Å². The number of hydrogen-bond donors (Lipinski definition) is 0. The van der Waals surface area contributed by atoms with Gasteiger partial charge in [-0.1, -0.05) is 18.5 Å². The average Bonchev–Trinajstić information content (AvgIpc) is 3.19. The molecular formula is C18H26N4O2. The lowest BCUT2D eigenvalue weighted by Gasteiger charge is -2.32. The number of carbonyl (C=O) groups is 1. The second kappa shape index (κ2) is 7.20. The standard InChI is InChI=1S/C18H26N4O2/c1-4-5-9-21-11-8-19-17(21)15-7-6-10-22(12-15)18(23)16-13(2)20-24-14(16)3/h8,11,15H,4-7,9-10,12H2,1-3H3/t15-/m0/s1. The molecular weight excluding hydrogens is 304 g/mol. The van der Waals surface area contributed by atoms with Crippen LogP contribution in [0.25, 0.3) is 0 Å². The summed E-state index contributed by atoms with van der Waals surface area (Å²) in [5, 5.41) is 3.91. The van der Waals surface area contributed by atoms with Crippen molar-refractivity contribution in [2.75, 3.05) is 13.1 Å². The Labute approximate surface area is 142 Å². The number of piperidine rings is 1. The minimum Gasteiger partial charge on any atom is -0.361 e. The highest BCUT2D eigenvalue weighted by Crippen LogP contribution is 2.28. The predicted molar refractivity (Wildman–Crippen MR) is 91.0 cm³/mol. The molecule has 0 spiro atoms. The number of unbranched alkanes of at least 4 members (excludes halogenated alkanes) is 1. The SMILES string of the molecule is CCCCn1ccnc1[C@H]1CCCN(C(=O)c2c(C)noc2C)C1. The van der Waals surface area contributed by atoms with Crippen molar-refractivity contribution in [3.63, 3.8) is 0 Å². The third-order valence-corrected chi connectivity index (χ3v) is 4.82. The molecule has 24 heavy (non-hydrogen) atoms. The fraction of sp³-hybridized carbons (Fsp3) is 0.611. The maximum absolute atomic E-state index is 12.9. The molecule has 1 amide bonds. The first-order chi connectivity index (χ1) is 11.6. The van der Waals surface area contributed by atoms with E-state index in [2.05, 4.69) is 27.8 Å². The minimum absolute atomic E-state index is 0.0302. The van der Waals surface area contributed by atoms with Crippen molar-refractivity contribution in [1.82, 2.24) is 19.6 Å². The van der Waals surface area contributed by atoms with Crippen molar-refractivity contribution >= 4 is 5.91 Å². The third kappa shape index (κ3) is 3.23. The van der Waals surface area contributed by atoms with Gasteiger partial charge in [0.2, 0.25) is 0 Å². The number of rotatable bonds is 5. The molecule has 2 aromatic rings. The van der Waals surface area contributed by atoms with Crippen LogP contribution in [0.2, 0.25) is 0 Å². The summed E-state index contributed by atoms with van der Waals surface area (Å²) in [5.74, 6) is 2.04. The first-order valence-corrected chi connectivity index (χ1v) is 8.85. The van der Waals surface area contributed by atoms with E-state index >= 15 is 0 Å². The van der Waals surface area contributed by atoms with Gasteiger partial charge in [-0.15, -0.1) is 0 Å². The topological polar surface area (TPSA) is 64.2 Å². The molecule has 1 saturated heterocycles. The van der Waals surface area contributed by atoms with Crippen molar-refractivity contribution in [2.24, 2.45) is 0 Å². The summed E-state index contributed by atoms with van der Waals surface area (Å²) in [4.78, 5) is 19.4. The van der Waals surface area contributed by atoms with E-state index in [0.29, 0.717) is 29.5 Å². The number of amides is 1. The van der Waals surface area contributed by atoms with Crippen molar-refractivity contribution in [1.29, 1.82) is 0 Å². The third-order valence-electron chi connectivity index (χ3n) is 4.82. The molecule has 3 rings (SSSR count). The van der Waals surface area contributed by atoms with Crippen LogP contribution >= 0.6 is 0 Å². The summed E-state index contributed by atoms with van der Waals surface area (Å²) in [5.41, 5.74) is 1.29. The first-order valence-electron chi connectivity index (χ1n) is 8.85. The molecule has 6 nitrogen and oxygen atoms in total. The lowest BCUT2D eigenvalue weighted by molar-refractivity contribution is 0.0701. The highest BCUT2D eigenvalue weighted by Gasteiger charge is 2.30. The Bertz CT molecular complexity index is 684. The zero-order valence-corrected chi connectivity index (χ0v) is 14.8. The largest absolute Gasteiger partial charge is 0.361 e. The molecule has 0 N–H and O–H groups in total. The number of hydrogen-bond acceptors (Lipinski definition) is 4. The smallest absolute Gasteiger partial charge is 0.259 e. The summed E-state index contributed by atoms with van der Waals surface area (Å²) >= 11 is 0. The molecule has 1 fully saturated rings. The Kier molecular flexibility index (Phi) is 5.02. The lowest BCUT2D eigenvalue weighted by Crippen LogP contribution is -2.40. The first kappa shape index (κ1) is 16.7. The van der Waals surface area contributed by atoms with Crippen LogP contribution in [0.15, 0.2) is 16.9 Å².